The molecule has 16 heavy (non-hydrogen) atoms. The van der Waals surface area contributed by atoms with E-state index in [1.807, 2.05) is 0 Å². The summed E-state index contributed by atoms with van der Waals surface area (Å²) >= 11 is 0. The molecular formula is C13H27N3. The van der Waals surface area contributed by atoms with E-state index in [2.05, 4.69) is 43.1 Å². The van der Waals surface area contributed by atoms with E-state index in [9.17, 15) is 0 Å². The summed E-state index contributed by atoms with van der Waals surface area (Å²) in [5, 5.41) is 3.61. The summed E-state index contributed by atoms with van der Waals surface area (Å²) < 4.78 is 0. The third-order valence-corrected chi connectivity index (χ3v) is 4.36. The molecule has 2 aliphatic heterocycles. The SMILES string of the molecule is CN1CCCC1CN(C)C1CNC(C)(C)C1. The molecule has 2 atom stereocenters. The van der Waals surface area contributed by atoms with Crippen molar-refractivity contribution in [3.8, 4) is 0 Å². The van der Waals surface area contributed by atoms with Gasteiger partial charge in [-0.1, -0.05) is 0 Å². The van der Waals surface area contributed by atoms with E-state index in [1.54, 1.807) is 0 Å². The van der Waals surface area contributed by atoms with E-state index in [1.165, 1.54) is 32.4 Å². The fraction of sp³-hybridized carbons (Fsp3) is 1.00. The Balaban J connectivity index is 1.82. The van der Waals surface area contributed by atoms with Crippen LogP contribution in [0.4, 0.5) is 0 Å². The van der Waals surface area contributed by atoms with Gasteiger partial charge in [-0.3, -0.25) is 0 Å². The Morgan fingerprint density at radius 2 is 2.19 bits per heavy atom. The predicted octanol–water partition coefficient (Wildman–Crippen LogP) is 1.15. The maximum atomic E-state index is 3.61. The lowest BCUT2D eigenvalue weighted by atomic mass is 10.0. The molecule has 0 spiro atoms. The fourth-order valence-electron chi connectivity index (χ4n) is 3.13. The number of likely N-dealkylation sites (tertiary alicyclic amines) is 1. The van der Waals surface area contributed by atoms with Gasteiger partial charge in [0.2, 0.25) is 0 Å². The molecule has 0 radical (unpaired) electrons. The smallest absolute Gasteiger partial charge is 0.0235 e. The quantitative estimate of drug-likeness (QED) is 0.777. The summed E-state index contributed by atoms with van der Waals surface area (Å²) in [6.07, 6.45) is 4.04. The number of rotatable bonds is 3. The van der Waals surface area contributed by atoms with Gasteiger partial charge >= 0.3 is 0 Å². The zero-order valence-corrected chi connectivity index (χ0v) is 11.3. The molecule has 3 nitrogen and oxygen atoms in total. The number of nitrogens with zero attached hydrogens (tertiary/aromatic N) is 2. The van der Waals surface area contributed by atoms with E-state index >= 15 is 0 Å². The van der Waals surface area contributed by atoms with Crippen molar-refractivity contribution in [3.05, 3.63) is 0 Å². The van der Waals surface area contributed by atoms with Gasteiger partial charge in [-0.05, 0) is 53.8 Å². The highest BCUT2D eigenvalue weighted by Crippen LogP contribution is 2.23. The Hall–Kier alpha value is -0.120. The second-order valence-electron chi connectivity index (χ2n) is 6.34. The van der Waals surface area contributed by atoms with E-state index in [4.69, 9.17) is 0 Å². The van der Waals surface area contributed by atoms with Crippen LogP contribution in [0.2, 0.25) is 0 Å². The molecule has 0 aromatic heterocycles. The van der Waals surface area contributed by atoms with Gasteiger partial charge in [0.05, 0.1) is 0 Å². The second-order valence-corrected chi connectivity index (χ2v) is 6.34. The van der Waals surface area contributed by atoms with Crippen molar-refractivity contribution in [2.45, 2.75) is 50.7 Å². The van der Waals surface area contributed by atoms with Crippen LogP contribution in [0.5, 0.6) is 0 Å². The molecule has 1 N–H and O–H groups in total. The van der Waals surface area contributed by atoms with Crippen LogP contribution in [0.1, 0.15) is 33.1 Å². The van der Waals surface area contributed by atoms with Crippen molar-refractivity contribution < 1.29 is 0 Å². The number of hydrogen-bond donors (Lipinski definition) is 1. The van der Waals surface area contributed by atoms with Crippen molar-refractivity contribution in [2.24, 2.45) is 0 Å². The highest BCUT2D eigenvalue weighted by Gasteiger charge is 2.33. The highest BCUT2D eigenvalue weighted by molar-refractivity contribution is 4.94. The molecule has 2 saturated heterocycles. The Labute approximate surface area is 100 Å². The summed E-state index contributed by atoms with van der Waals surface area (Å²) in [7, 11) is 4.56. The molecule has 94 valence electrons. The molecule has 2 aliphatic rings. The predicted molar refractivity (Wildman–Crippen MR) is 68.8 cm³/mol. The van der Waals surface area contributed by atoms with Crippen LogP contribution < -0.4 is 5.32 Å². The summed E-state index contributed by atoms with van der Waals surface area (Å²) in [4.78, 5) is 5.08. The maximum Gasteiger partial charge on any atom is 0.0235 e. The van der Waals surface area contributed by atoms with E-state index in [0.29, 0.717) is 5.54 Å². The number of hydrogen-bond acceptors (Lipinski definition) is 3. The van der Waals surface area contributed by atoms with Crippen molar-refractivity contribution in [3.63, 3.8) is 0 Å². The topological polar surface area (TPSA) is 18.5 Å². The lowest BCUT2D eigenvalue weighted by Gasteiger charge is -2.30. The molecular weight excluding hydrogens is 198 g/mol. The first kappa shape index (κ1) is 12.3. The maximum absolute atomic E-state index is 3.61. The third-order valence-electron chi connectivity index (χ3n) is 4.36. The molecule has 2 rings (SSSR count). The number of likely N-dealkylation sites (N-methyl/N-ethyl adjacent to an activating group) is 2. The molecule has 0 aliphatic carbocycles. The molecule has 3 heteroatoms. The molecule has 2 unspecified atom stereocenters. The van der Waals surface area contributed by atoms with Crippen LogP contribution in [-0.4, -0.2) is 61.2 Å². The van der Waals surface area contributed by atoms with Crippen LogP contribution >= 0.6 is 0 Å². The number of nitrogens with one attached hydrogen (secondary N) is 1. The van der Waals surface area contributed by atoms with Gasteiger partial charge in [-0.2, -0.15) is 0 Å². The first-order valence-electron chi connectivity index (χ1n) is 6.63. The van der Waals surface area contributed by atoms with Gasteiger partial charge in [0.15, 0.2) is 0 Å². The molecule has 0 saturated carbocycles. The second kappa shape index (κ2) is 4.63. The van der Waals surface area contributed by atoms with E-state index < -0.39 is 0 Å². The van der Waals surface area contributed by atoms with Crippen LogP contribution in [0.15, 0.2) is 0 Å². The Kier molecular flexibility index (Phi) is 3.57. The minimum absolute atomic E-state index is 0.334. The molecule has 0 aromatic rings. The summed E-state index contributed by atoms with van der Waals surface area (Å²) in [6, 6.07) is 1.51. The normalized spacial score (nSPS) is 35.1. The van der Waals surface area contributed by atoms with Gasteiger partial charge in [0.1, 0.15) is 0 Å². The van der Waals surface area contributed by atoms with Gasteiger partial charge in [-0.15, -0.1) is 0 Å². The van der Waals surface area contributed by atoms with Crippen molar-refractivity contribution in [2.75, 3.05) is 33.7 Å². The standard InChI is InChI=1S/C13H27N3/c1-13(2)8-12(9-14-13)16(4)10-11-6-5-7-15(11)3/h11-12,14H,5-10H2,1-4H3. The Bertz CT molecular complexity index is 239. The fourth-order valence-corrected chi connectivity index (χ4v) is 3.13. The van der Waals surface area contributed by atoms with Crippen molar-refractivity contribution >= 4 is 0 Å². The molecule has 2 fully saturated rings. The molecule has 2 heterocycles. The van der Waals surface area contributed by atoms with Gasteiger partial charge in [0.25, 0.3) is 0 Å². The van der Waals surface area contributed by atoms with Crippen LogP contribution in [-0.2, 0) is 0 Å². The monoisotopic (exact) mass is 225 g/mol. The van der Waals surface area contributed by atoms with E-state index in [0.717, 1.165) is 18.6 Å². The molecule has 0 amide bonds. The summed E-state index contributed by atoms with van der Waals surface area (Å²) in [5.74, 6) is 0. The average molecular weight is 225 g/mol. The lowest BCUT2D eigenvalue weighted by molar-refractivity contribution is 0.180. The average Bonchev–Trinajstić information content (AvgIpc) is 2.74. The minimum atomic E-state index is 0.334. The van der Waals surface area contributed by atoms with Gasteiger partial charge in [0, 0.05) is 30.7 Å². The van der Waals surface area contributed by atoms with Crippen molar-refractivity contribution in [1.82, 2.24) is 15.1 Å². The largest absolute Gasteiger partial charge is 0.310 e. The lowest BCUT2D eigenvalue weighted by Crippen LogP contribution is -2.42. The third kappa shape index (κ3) is 2.76. The zero-order valence-electron chi connectivity index (χ0n) is 11.3. The Morgan fingerprint density at radius 1 is 1.44 bits per heavy atom. The first-order valence-corrected chi connectivity index (χ1v) is 6.63. The first-order chi connectivity index (χ1) is 7.48. The zero-order chi connectivity index (χ0) is 11.8. The Morgan fingerprint density at radius 3 is 2.69 bits per heavy atom. The van der Waals surface area contributed by atoms with E-state index in [-0.39, 0.29) is 0 Å². The van der Waals surface area contributed by atoms with Gasteiger partial charge < -0.3 is 15.1 Å². The summed E-state index contributed by atoms with van der Waals surface area (Å²) in [6.45, 7) is 8.29. The highest BCUT2D eigenvalue weighted by atomic mass is 15.2. The molecule has 0 bridgehead atoms. The van der Waals surface area contributed by atoms with Gasteiger partial charge in [-0.25, -0.2) is 0 Å². The molecule has 0 aromatic carbocycles. The van der Waals surface area contributed by atoms with Crippen molar-refractivity contribution in [1.29, 1.82) is 0 Å². The van der Waals surface area contributed by atoms with Crippen LogP contribution in [0.3, 0.4) is 0 Å². The van der Waals surface area contributed by atoms with Crippen LogP contribution in [0, 0.1) is 0 Å². The minimum Gasteiger partial charge on any atom is -0.310 e. The van der Waals surface area contributed by atoms with Crippen LogP contribution in [0.25, 0.3) is 0 Å². The summed E-state index contributed by atoms with van der Waals surface area (Å²) in [5.41, 5.74) is 0.334.